The summed E-state index contributed by atoms with van der Waals surface area (Å²) in [5.74, 6) is 0.130. The summed E-state index contributed by atoms with van der Waals surface area (Å²) < 4.78 is 1.57. The number of amides is 1. The number of piperidine rings is 1. The Morgan fingerprint density at radius 2 is 2.15 bits per heavy atom. The smallest absolute Gasteiger partial charge is 0.275 e. The van der Waals surface area contributed by atoms with Gasteiger partial charge >= 0.3 is 0 Å². The largest absolute Gasteiger partial charge is 0.733 e. The maximum atomic E-state index is 13.1. The zero-order valence-electron chi connectivity index (χ0n) is 14.7. The Balaban J connectivity index is 1.45. The zero-order chi connectivity index (χ0) is 18.7. The number of hydrogen-bond donors (Lipinski definition) is 2. The number of nitrogens with zero attached hydrogens (tertiary/aromatic N) is 4. The number of aromatic nitrogens is 3. The molecule has 2 bridgehead atoms. The number of H-pyrrole nitrogens is 1. The molecular formula is C18H20N5O4-. The molecule has 2 aliphatic heterocycles. The van der Waals surface area contributed by atoms with Crippen LogP contribution in [0.25, 0.3) is 0 Å². The summed E-state index contributed by atoms with van der Waals surface area (Å²) in [6.45, 7) is 1.53. The molecule has 2 unspecified atom stereocenters. The van der Waals surface area contributed by atoms with Crippen LogP contribution in [0, 0.1) is 11.1 Å². The second-order valence-corrected chi connectivity index (χ2v) is 7.72. The van der Waals surface area contributed by atoms with Crippen molar-refractivity contribution >= 4 is 11.6 Å². The predicted molar refractivity (Wildman–Crippen MR) is 95.7 cm³/mol. The monoisotopic (exact) mass is 370 g/mol. The van der Waals surface area contributed by atoms with Crippen LogP contribution in [0.2, 0.25) is 0 Å². The lowest BCUT2D eigenvalue weighted by Crippen LogP contribution is -2.49. The average molecular weight is 370 g/mol. The Morgan fingerprint density at radius 3 is 2.96 bits per heavy atom. The van der Waals surface area contributed by atoms with Gasteiger partial charge in [0.15, 0.2) is 5.69 Å². The molecule has 0 spiro atoms. The van der Waals surface area contributed by atoms with Crippen LogP contribution in [0.5, 0.6) is 0 Å². The van der Waals surface area contributed by atoms with Gasteiger partial charge in [0.25, 0.3) is 11.5 Å². The van der Waals surface area contributed by atoms with Gasteiger partial charge in [0, 0.05) is 42.5 Å². The minimum absolute atomic E-state index is 0.0361. The molecule has 1 saturated heterocycles. The number of anilines is 1. The summed E-state index contributed by atoms with van der Waals surface area (Å²) in [4.78, 5) is 27.4. The number of aromatic amines is 1. The molecule has 5 rings (SSSR count). The lowest BCUT2D eigenvalue weighted by Gasteiger charge is -2.43. The number of nitrogens with one attached hydrogen (secondary N) is 1. The molecule has 2 N–H and O–H groups in total. The Morgan fingerprint density at radius 1 is 1.30 bits per heavy atom. The van der Waals surface area contributed by atoms with Crippen molar-refractivity contribution in [2.75, 3.05) is 18.3 Å². The van der Waals surface area contributed by atoms with E-state index in [1.165, 1.54) is 6.07 Å². The van der Waals surface area contributed by atoms with E-state index >= 15 is 0 Å². The molecule has 27 heavy (non-hydrogen) atoms. The van der Waals surface area contributed by atoms with Crippen molar-refractivity contribution in [1.29, 1.82) is 0 Å². The number of carbonyl (C=O) groups excluding carboxylic acids is 1. The Labute approximate surface area is 154 Å². The minimum atomic E-state index is -0.482. The van der Waals surface area contributed by atoms with Gasteiger partial charge in [-0.1, -0.05) is 0 Å². The van der Waals surface area contributed by atoms with E-state index in [1.807, 2.05) is 4.90 Å². The maximum absolute atomic E-state index is 13.1. The number of fused-ring (bicyclic) bond motifs is 5. The van der Waals surface area contributed by atoms with Crippen LogP contribution in [0.15, 0.2) is 16.9 Å². The SMILES string of the molecule is O=C(c1n[nH]c2c1CCC2)N1CC2CC(C1)c1ccc(N([O-])O)c(=O)n1C2. The van der Waals surface area contributed by atoms with Gasteiger partial charge in [0.05, 0.1) is 0 Å². The minimum Gasteiger partial charge on any atom is -0.733 e. The van der Waals surface area contributed by atoms with Gasteiger partial charge in [-0.15, -0.1) is 0 Å². The third-order valence-corrected chi connectivity index (χ3v) is 6.09. The molecule has 0 radical (unpaired) electrons. The summed E-state index contributed by atoms with van der Waals surface area (Å²) in [5.41, 5.74) is 2.72. The Hall–Kier alpha value is -2.65. The van der Waals surface area contributed by atoms with Gasteiger partial charge in [-0.25, -0.2) is 0 Å². The van der Waals surface area contributed by atoms with Crippen molar-refractivity contribution < 1.29 is 10.0 Å². The number of pyridine rings is 1. The maximum Gasteiger partial charge on any atom is 0.275 e. The van der Waals surface area contributed by atoms with E-state index in [0.29, 0.717) is 25.3 Å². The lowest BCUT2D eigenvalue weighted by molar-refractivity contribution is 0.0587. The Kier molecular flexibility index (Phi) is 3.63. The topological polar surface area (TPSA) is 118 Å². The first-order valence-corrected chi connectivity index (χ1v) is 9.28. The van der Waals surface area contributed by atoms with Crippen LogP contribution < -0.4 is 10.8 Å². The van der Waals surface area contributed by atoms with E-state index in [9.17, 15) is 14.8 Å². The first-order chi connectivity index (χ1) is 13.0. The normalized spacial score (nSPS) is 23.1. The van der Waals surface area contributed by atoms with Gasteiger partial charge in [0.2, 0.25) is 0 Å². The van der Waals surface area contributed by atoms with Crippen molar-refractivity contribution in [1.82, 2.24) is 19.7 Å². The quantitative estimate of drug-likeness (QED) is 0.762. The zero-order valence-corrected chi connectivity index (χ0v) is 14.7. The standard InChI is InChI=1S/C18H20N5O4/c24-17-15(23(26)27)5-4-14-11-6-10(8-22(14)17)7-21(9-11)18(25)16-12-2-1-3-13(12)19-20-16/h4-5,10-11,26H,1-3,6-9H2,(H,19,20)/q-1. The second-order valence-electron chi connectivity index (χ2n) is 7.72. The Bertz CT molecular complexity index is 979. The third-order valence-electron chi connectivity index (χ3n) is 6.09. The number of aryl methyl sites for hydroxylation is 1. The molecule has 1 aliphatic carbocycles. The highest BCUT2D eigenvalue weighted by molar-refractivity contribution is 5.94. The van der Waals surface area contributed by atoms with Crippen molar-refractivity contribution in [2.45, 2.75) is 38.1 Å². The molecule has 1 fully saturated rings. The van der Waals surface area contributed by atoms with Gasteiger partial charge < -0.3 is 19.9 Å². The van der Waals surface area contributed by atoms with Gasteiger partial charge in [0.1, 0.15) is 5.69 Å². The third kappa shape index (κ3) is 2.49. The van der Waals surface area contributed by atoms with E-state index in [-0.39, 0.29) is 28.7 Å². The van der Waals surface area contributed by atoms with Crippen LogP contribution in [-0.2, 0) is 19.4 Å². The molecule has 9 nitrogen and oxygen atoms in total. The average Bonchev–Trinajstić information content (AvgIpc) is 3.25. The first-order valence-electron chi connectivity index (χ1n) is 9.28. The van der Waals surface area contributed by atoms with Gasteiger partial charge in [-0.2, -0.15) is 5.10 Å². The van der Waals surface area contributed by atoms with Gasteiger partial charge in [-0.05, 0) is 43.7 Å². The van der Waals surface area contributed by atoms with Crippen molar-refractivity contribution in [2.24, 2.45) is 5.92 Å². The fraction of sp³-hybridized carbons (Fsp3) is 0.500. The number of carbonyl (C=O) groups is 1. The molecule has 0 saturated carbocycles. The lowest BCUT2D eigenvalue weighted by atomic mass is 9.83. The highest BCUT2D eigenvalue weighted by atomic mass is 16.8. The van der Waals surface area contributed by atoms with Crippen LogP contribution in [-0.4, -0.2) is 43.9 Å². The summed E-state index contributed by atoms with van der Waals surface area (Å²) in [6, 6.07) is 3.06. The fourth-order valence-corrected chi connectivity index (χ4v) is 4.89. The number of rotatable bonds is 2. The van der Waals surface area contributed by atoms with E-state index in [4.69, 9.17) is 5.21 Å². The summed E-state index contributed by atoms with van der Waals surface area (Å²) in [5, 5.41) is 27.1. The van der Waals surface area contributed by atoms with E-state index in [2.05, 4.69) is 10.2 Å². The van der Waals surface area contributed by atoms with Crippen molar-refractivity contribution in [3.8, 4) is 0 Å². The fourth-order valence-electron chi connectivity index (χ4n) is 4.89. The van der Waals surface area contributed by atoms with Crippen LogP contribution in [0.3, 0.4) is 0 Å². The number of likely N-dealkylation sites (tertiary alicyclic amines) is 1. The summed E-state index contributed by atoms with van der Waals surface area (Å²) in [6.07, 6.45) is 3.79. The molecule has 2 aromatic heterocycles. The molecular weight excluding hydrogens is 350 g/mol. The molecule has 4 heterocycles. The van der Waals surface area contributed by atoms with E-state index in [1.54, 1.807) is 10.6 Å². The summed E-state index contributed by atoms with van der Waals surface area (Å²) >= 11 is 0. The van der Waals surface area contributed by atoms with Gasteiger partial charge in [-0.3, -0.25) is 19.9 Å². The highest BCUT2D eigenvalue weighted by Gasteiger charge is 2.38. The van der Waals surface area contributed by atoms with Crippen LogP contribution >= 0.6 is 0 Å². The van der Waals surface area contributed by atoms with Crippen molar-refractivity contribution in [3.05, 3.63) is 50.3 Å². The van der Waals surface area contributed by atoms with Crippen molar-refractivity contribution in [3.63, 3.8) is 0 Å². The summed E-state index contributed by atoms with van der Waals surface area (Å²) in [7, 11) is 0. The molecule has 3 aliphatic rings. The molecule has 1 amide bonds. The van der Waals surface area contributed by atoms with E-state index < -0.39 is 5.56 Å². The first kappa shape index (κ1) is 16.5. The predicted octanol–water partition coefficient (Wildman–Crippen LogP) is 1.01. The molecule has 2 atom stereocenters. The van der Waals surface area contributed by atoms with Crippen LogP contribution in [0.4, 0.5) is 5.69 Å². The number of hydrogen-bond acceptors (Lipinski definition) is 6. The van der Waals surface area contributed by atoms with E-state index in [0.717, 1.165) is 42.6 Å². The molecule has 142 valence electrons. The highest BCUT2D eigenvalue weighted by Crippen LogP contribution is 2.36. The molecule has 9 heteroatoms. The molecule has 0 aromatic carbocycles. The second kappa shape index (κ2) is 5.93. The van der Waals surface area contributed by atoms with Crippen LogP contribution in [0.1, 0.15) is 46.2 Å². The molecule has 2 aromatic rings.